The number of fused-ring (bicyclic) bond motifs is 1. The zero-order chi connectivity index (χ0) is 14.8. The third-order valence-corrected chi connectivity index (χ3v) is 3.81. The quantitative estimate of drug-likeness (QED) is 0.864. The average Bonchev–Trinajstić information content (AvgIpc) is 2.72. The molecule has 1 saturated heterocycles. The van der Waals surface area contributed by atoms with Crippen molar-refractivity contribution in [3.63, 3.8) is 0 Å². The van der Waals surface area contributed by atoms with E-state index in [2.05, 4.69) is 16.4 Å². The number of hydrogen-bond donors (Lipinski definition) is 1. The van der Waals surface area contributed by atoms with Crippen molar-refractivity contribution in [3.8, 4) is 6.07 Å². The first kappa shape index (κ1) is 13.4. The topological polar surface area (TPSA) is 69.0 Å². The second kappa shape index (κ2) is 5.41. The van der Waals surface area contributed by atoms with E-state index in [4.69, 9.17) is 0 Å². The van der Waals surface area contributed by atoms with Crippen LogP contribution >= 0.6 is 0 Å². The molecule has 21 heavy (non-hydrogen) atoms. The van der Waals surface area contributed by atoms with Gasteiger partial charge >= 0.3 is 0 Å². The van der Waals surface area contributed by atoms with Crippen LogP contribution in [-0.4, -0.2) is 30.5 Å². The van der Waals surface area contributed by atoms with Crippen molar-refractivity contribution in [2.75, 3.05) is 24.5 Å². The molecule has 1 aliphatic rings. The van der Waals surface area contributed by atoms with Gasteiger partial charge in [-0.05, 0) is 25.0 Å². The van der Waals surface area contributed by atoms with E-state index in [0.717, 1.165) is 29.4 Å². The lowest BCUT2D eigenvalue weighted by molar-refractivity contribution is -0.119. The maximum Gasteiger partial charge on any atom is 0.239 e. The number of pyridine rings is 1. The predicted molar refractivity (Wildman–Crippen MR) is 81.0 cm³/mol. The van der Waals surface area contributed by atoms with Crippen LogP contribution in [0.4, 0.5) is 5.82 Å². The highest BCUT2D eigenvalue weighted by Gasteiger charge is 2.21. The third kappa shape index (κ3) is 2.40. The number of rotatable bonds is 1. The maximum atomic E-state index is 11.8. The summed E-state index contributed by atoms with van der Waals surface area (Å²) >= 11 is 0. The van der Waals surface area contributed by atoms with Crippen LogP contribution in [0.15, 0.2) is 24.3 Å². The summed E-state index contributed by atoms with van der Waals surface area (Å²) in [5, 5.41) is 13.3. The van der Waals surface area contributed by atoms with Crippen molar-refractivity contribution in [1.82, 2.24) is 10.3 Å². The van der Waals surface area contributed by atoms with Gasteiger partial charge in [0.15, 0.2) is 0 Å². The number of nitriles is 1. The Morgan fingerprint density at radius 3 is 3.00 bits per heavy atom. The smallest absolute Gasteiger partial charge is 0.239 e. The molecule has 0 atom stereocenters. The Bertz CT molecular complexity index is 748. The number of anilines is 1. The molecule has 0 aliphatic carbocycles. The molecule has 0 bridgehead atoms. The summed E-state index contributed by atoms with van der Waals surface area (Å²) in [7, 11) is 0. The lowest BCUT2D eigenvalue weighted by Crippen LogP contribution is -2.34. The van der Waals surface area contributed by atoms with Crippen molar-refractivity contribution in [1.29, 1.82) is 5.26 Å². The van der Waals surface area contributed by atoms with Gasteiger partial charge in [0.25, 0.3) is 0 Å². The molecule has 1 fully saturated rings. The van der Waals surface area contributed by atoms with E-state index < -0.39 is 0 Å². The maximum absolute atomic E-state index is 11.8. The van der Waals surface area contributed by atoms with Crippen LogP contribution in [0, 0.1) is 18.3 Å². The highest BCUT2D eigenvalue weighted by atomic mass is 16.2. The van der Waals surface area contributed by atoms with E-state index in [9.17, 15) is 10.1 Å². The van der Waals surface area contributed by atoms with Crippen LogP contribution in [-0.2, 0) is 4.79 Å². The number of nitrogens with one attached hydrogen (secondary N) is 1. The molecule has 0 spiro atoms. The van der Waals surface area contributed by atoms with Gasteiger partial charge in [0.1, 0.15) is 11.9 Å². The molecule has 1 aromatic carbocycles. The van der Waals surface area contributed by atoms with E-state index >= 15 is 0 Å². The number of aromatic nitrogens is 1. The number of carbonyl (C=O) groups excluding carboxylic acids is 1. The number of nitrogens with zero attached hydrogens (tertiary/aromatic N) is 3. The Kier molecular flexibility index (Phi) is 3.44. The molecule has 2 heterocycles. The zero-order valence-electron chi connectivity index (χ0n) is 11.9. The highest BCUT2D eigenvalue weighted by Crippen LogP contribution is 2.28. The number of para-hydroxylation sites is 1. The standard InChI is InChI=1S/C16H16N4O/c1-11-12-5-2-3-6-14(12)19-16(13(11)9-17)20-8-4-7-18-15(21)10-20/h2-3,5-6H,4,7-8,10H2,1H3,(H,18,21). The Morgan fingerprint density at radius 1 is 1.38 bits per heavy atom. The number of hydrogen-bond acceptors (Lipinski definition) is 4. The van der Waals surface area contributed by atoms with Gasteiger partial charge in [-0.3, -0.25) is 4.79 Å². The minimum Gasteiger partial charge on any atom is -0.354 e. The first-order chi connectivity index (χ1) is 10.2. The summed E-state index contributed by atoms with van der Waals surface area (Å²) in [6, 6.07) is 10.0. The molecule has 0 radical (unpaired) electrons. The molecular formula is C16H16N4O. The minimum absolute atomic E-state index is 0.0241. The Labute approximate surface area is 123 Å². The molecular weight excluding hydrogens is 264 g/mol. The SMILES string of the molecule is Cc1c(C#N)c(N2CCCNC(=O)C2)nc2ccccc12. The molecule has 1 N–H and O–H groups in total. The zero-order valence-corrected chi connectivity index (χ0v) is 11.9. The Balaban J connectivity index is 2.17. The fraction of sp³-hybridized carbons (Fsp3) is 0.312. The van der Waals surface area contributed by atoms with Gasteiger partial charge in [0.2, 0.25) is 5.91 Å². The number of aryl methyl sites for hydroxylation is 1. The van der Waals surface area contributed by atoms with Crippen LogP contribution in [0.3, 0.4) is 0 Å². The molecule has 1 amide bonds. The molecule has 3 rings (SSSR count). The van der Waals surface area contributed by atoms with Crippen molar-refractivity contribution in [2.24, 2.45) is 0 Å². The molecule has 0 saturated carbocycles. The Hall–Kier alpha value is -2.61. The van der Waals surface area contributed by atoms with Crippen molar-refractivity contribution in [3.05, 3.63) is 35.4 Å². The lowest BCUT2D eigenvalue weighted by atomic mass is 10.0. The number of amides is 1. The van der Waals surface area contributed by atoms with E-state index in [1.165, 1.54) is 0 Å². The van der Waals surface area contributed by atoms with Gasteiger partial charge in [0.05, 0.1) is 17.6 Å². The van der Waals surface area contributed by atoms with Gasteiger partial charge in [0, 0.05) is 18.5 Å². The molecule has 5 nitrogen and oxygen atoms in total. The fourth-order valence-electron chi connectivity index (χ4n) is 2.71. The summed E-state index contributed by atoms with van der Waals surface area (Å²) in [6.45, 7) is 3.57. The van der Waals surface area contributed by atoms with E-state index in [1.54, 1.807) is 0 Å². The second-order valence-electron chi connectivity index (χ2n) is 5.19. The predicted octanol–water partition coefficient (Wildman–Crippen LogP) is 1.74. The normalized spacial score (nSPS) is 15.4. The minimum atomic E-state index is -0.0241. The largest absolute Gasteiger partial charge is 0.354 e. The van der Waals surface area contributed by atoms with Crippen LogP contribution < -0.4 is 10.2 Å². The van der Waals surface area contributed by atoms with Crippen molar-refractivity contribution >= 4 is 22.6 Å². The number of benzene rings is 1. The Morgan fingerprint density at radius 2 is 2.19 bits per heavy atom. The van der Waals surface area contributed by atoms with Gasteiger partial charge in [-0.25, -0.2) is 4.98 Å². The van der Waals surface area contributed by atoms with Gasteiger partial charge < -0.3 is 10.2 Å². The molecule has 106 valence electrons. The summed E-state index contributed by atoms with van der Waals surface area (Å²) in [4.78, 5) is 18.3. The molecule has 0 unspecified atom stereocenters. The summed E-state index contributed by atoms with van der Waals surface area (Å²) < 4.78 is 0. The van der Waals surface area contributed by atoms with Gasteiger partial charge in [-0.15, -0.1) is 0 Å². The van der Waals surface area contributed by atoms with Gasteiger partial charge in [-0.1, -0.05) is 18.2 Å². The monoisotopic (exact) mass is 280 g/mol. The van der Waals surface area contributed by atoms with Crippen LogP contribution in [0.5, 0.6) is 0 Å². The van der Waals surface area contributed by atoms with Crippen LogP contribution in [0.1, 0.15) is 17.5 Å². The number of carbonyl (C=O) groups is 1. The fourth-order valence-corrected chi connectivity index (χ4v) is 2.71. The van der Waals surface area contributed by atoms with Gasteiger partial charge in [-0.2, -0.15) is 5.26 Å². The van der Waals surface area contributed by atoms with Crippen molar-refractivity contribution in [2.45, 2.75) is 13.3 Å². The first-order valence-corrected chi connectivity index (χ1v) is 7.02. The summed E-state index contributed by atoms with van der Waals surface area (Å²) in [6.07, 6.45) is 0.851. The van der Waals surface area contributed by atoms with Crippen molar-refractivity contribution < 1.29 is 4.79 Å². The molecule has 1 aromatic heterocycles. The molecule has 5 heteroatoms. The third-order valence-electron chi connectivity index (χ3n) is 3.81. The van der Waals surface area contributed by atoms with E-state index in [-0.39, 0.29) is 12.5 Å². The van der Waals surface area contributed by atoms with E-state index in [0.29, 0.717) is 17.9 Å². The van der Waals surface area contributed by atoms with Crippen LogP contribution in [0.25, 0.3) is 10.9 Å². The lowest BCUT2D eigenvalue weighted by Gasteiger charge is -2.22. The second-order valence-corrected chi connectivity index (χ2v) is 5.19. The summed E-state index contributed by atoms with van der Waals surface area (Å²) in [5.41, 5.74) is 2.33. The van der Waals surface area contributed by atoms with Crippen LogP contribution in [0.2, 0.25) is 0 Å². The average molecular weight is 280 g/mol. The molecule has 1 aliphatic heterocycles. The van der Waals surface area contributed by atoms with E-state index in [1.807, 2.05) is 36.1 Å². The summed E-state index contributed by atoms with van der Waals surface area (Å²) in [5.74, 6) is 0.592. The first-order valence-electron chi connectivity index (χ1n) is 7.02. The highest BCUT2D eigenvalue weighted by molar-refractivity contribution is 5.88. The molecule has 2 aromatic rings.